The van der Waals surface area contributed by atoms with Crippen molar-refractivity contribution in [3.05, 3.63) is 0 Å². The van der Waals surface area contributed by atoms with Crippen LogP contribution < -0.4 is 0 Å². The predicted octanol–water partition coefficient (Wildman–Crippen LogP) is 1.83. The lowest BCUT2D eigenvalue weighted by molar-refractivity contribution is -0.127. The zero-order valence-corrected chi connectivity index (χ0v) is 14.0. The Balaban J connectivity index is 2.45. The molecule has 116 valence electrons. The number of Topliss-reactive ketones (excluding diaryl/α,β-unsaturated/α-hetero) is 2. The van der Waals surface area contributed by atoms with Crippen LogP contribution in [0.15, 0.2) is 0 Å². The fraction of sp³-hybridized carbons (Fsp3) is 0.875. The lowest BCUT2D eigenvalue weighted by Gasteiger charge is -2.40. The number of nitrogens with zero attached hydrogens (tertiary/aromatic N) is 2. The van der Waals surface area contributed by atoms with E-state index in [-0.39, 0.29) is 22.4 Å². The largest absolute Gasteiger partial charge is 0.300 e. The van der Waals surface area contributed by atoms with Crippen molar-refractivity contribution in [1.29, 1.82) is 0 Å². The van der Waals surface area contributed by atoms with E-state index >= 15 is 0 Å². The van der Waals surface area contributed by atoms with Gasteiger partial charge >= 0.3 is 0 Å². The summed E-state index contributed by atoms with van der Waals surface area (Å²) in [5, 5.41) is 0. The van der Waals surface area contributed by atoms with Crippen LogP contribution in [0.1, 0.15) is 41.5 Å². The third-order valence-electron chi connectivity index (χ3n) is 4.61. The highest BCUT2D eigenvalue weighted by Crippen LogP contribution is 2.22. The van der Waals surface area contributed by atoms with Crippen molar-refractivity contribution in [3.63, 3.8) is 0 Å². The summed E-state index contributed by atoms with van der Waals surface area (Å²) in [6.07, 6.45) is 0. The molecular weight excluding hydrogens is 252 g/mol. The predicted molar refractivity (Wildman–Crippen MR) is 81.8 cm³/mol. The molecule has 1 rings (SSSR count). The molecule has 0 aromatic rings. The first-order valence-corrected chi connectivity index (χ1v) is 7.51. The Bertz CT molecular complexity index is 331. The van der Waals surface area contributed by atoms with E-state index < -0.39 is 0 Å². The first kappa shape index (κ1) is 17.3. The average Bonchev–Trinajstić information content (AvgIpc) is 2.30. The Labute approximate surface area is 123 Å². The zero-order chi connectivity index (χ0) is 15.6. The maximum Gasteiger partial charge on any atom is 0.136 e. The van der Waals surface area contributed by atoms with Crippen molar-refractivity contribution in [3.8, 4) is 0 Å². The number of hydrogen-bond acceptors (Lipinski definition) is 4. The van der Waals surface area contributed by atoms with Gasteiger partial charge in [-0.05, 0) is 13.8 Å². The molecule has 20 heavy (non-hydrogen) atoms. The highest BCUT2D eigenvalue weighted by atomic mass is 16.1. The highest BCUT2D eigenvalue weighted by molar-refractivity contribution is 5.82. The van der Waals surface area contributed by atoms with Crippen molar-refractivity contribution in [2.45, 2.75) is 41.5 Å². The van der Waals surface area contributed by atoms with Crippen molar-refractivity contribution < 1.29 is 9.59 Å². The van der Waals surface area contributed by atoms with Gasteiger partial charge in [0, 0.05) is 50.1 Å². The molecule has 1 heterocycles. The fourth-order valence-electron chi connectivity index (χ4n) is 2.45. The summed E-state index contributed by atoms with van der Waals surface area (Å²) in [5.41, 5.74) is -0.526. The molecule has 0 bridgehead atoms. The molecule has 0 aromatic carbocycles. The van der Waals surface area contributed by atoms with Crippen LogP contribution in [-0.4, -0.2) is 60.6 Å². The van der Waals surface area contributed by atoms with Gasteiger partial charge < -0.3 is 0 Å². The summed E-state index contributed by atoms with van der Waals surface area (Å²) in [6.45, 7) is 17.0. The maximum atomic E-state index is 11.6. The number of carbonyl (C=O) groups is 2. The van der Waals surface area contributed by atoms with Crippen LogP contribution in [0.2, 0.25) is 0 Å². The summed E-state index contributed by atoms with van der Waals surface area (Å²) in [7, 11) is 0. The third-order valence-corrected chi connectivity index (χ3v) is 4.61. The second-order valence-corrected chi connectivity index (χ2v) is 7.43. The number of rotatable bonds is 6. The number of ketones is 2. The van der Waals surface area contributed by atoms with Gasteiger partial charge in [-0.2, -0.15) is 0 Å². The monoisotopic (exact) mass is 282 g/mol. The zero-order valence-electron chi connectivity index (χ0n) is 14.0. The summed E-state index contributed by atoms with van der Waals surface area (Å²) < 4.78 is 0. The smallest absolute Gasteiger partial charge is 0.136 e. The van der Waals surface area contributed by atoms with Gasteiger partial charge in [0.2, 0.25) is 0 Å². The topological polar surface area (TPSA) is 40.6 Å². The van der Waals surface area contributed by atoms with E-state index in [2.05, 4.69) is 9.80 Å². The van der Waals surface area contributed by atoms with E-state index in [9.17, 15) is 9.59 Å². The second-order valence-electron chi connectivity index (χ2n) is 7.43. The normalized spacial score (nSPS) is 19.1. The summed E-state index contributed by atoms with van der Waals surface area (Å²) >= 11 is 0. The molecular formula is C16H30N2O2. The van der Waals surface area contributed by atoms with Gasteiger partial charge in [0.05, 0.1) is 0 Å². The third kappa shape index (κ3) is 4.67. The summed E-state index contributed by atoms with van der Waals surface area (Å²) in [5.74, 6) is 0.496. The first-order valence-electron chi connectivity index (χ1n) is 7.51. The molecule has 1 fully saturated rings. The summed E-state index contributed by atoms with van der Waals surface area (Å²) in [6, 6.07) is 0. The van der Waals surface area contributed by atoms with E-state index in [4.69, 9.17) is 0 Å². The molecule has 0 radical (unpaired) electrons. The van der Waals surface area contributed by atoms with Crippen molar-refractivity contribution in [2.24, 2.45) is 10.8 Å². The minimum absolute atomic E-state index is 0.248. The highest BCUT2D eigenvalue weighted by Gasteiger charge is 2.31. The molecule has 4 heteroatoms. The maximum absolute atomic E-state index is 11.6. The van der Waals surface area contributed by atoms with Gasteiger partial charge in [-0.15, -0.1) is 0 Å². The van der Waals surface area contributed by atoms with Crippen LogP contribution in [0.4, 0.5) is 0 Å². The lowest BCUT2D eigenvalue weighted by atomic mass is 9.87. The Morgan fingerprint density at radius 2 is 1.00 bits per heavy atom. The first-order chi connectivity index (χ1) is 9.04. The van der Waals surface area contributed by atoms with Crippen LogP contribution in [0.5, 0.6) is 0 Å². The minimum atomic E-state index is -0.263. The lowest BCUT2D eigenvalue weighted by Crippen LogP contribution is -2.52. The fourth-order valence-corrected chi connectivity index (χ4v) is 2.45. The number of hydrogen-bond donors (Lipinski definition) is 0. The Morgan fingerprint density at radius 1 is 0.750 bits per heavy atom. The molecule has 0 aromatic heterocycles. The van der Waals surface area contributed by atoms with Crippen molar-refractivity contribution in [1.82, 2.24) is 9.80 Å². The number of carbonyl (C=O) groups excluding carboxylic acids is 2. The molecule has 0 N–H and O–H groups in total. The molecule has 1 aliphatic rings. The minimum Gasteiger partial charge on any atom is -0.300 e. The molecule has 0 unspecified atom stereocenters. The Hall–Kier alpha value is -0.740. The van der Waals surface area contributed by atoms with Crippen molar-refractivity contribution in [2.75, 3.05) is 39.3 Å². The molecule has 1 saturated heterocycles. The van der Waals surface area contributed by atoms with Crippen LogP contribution in [0, 0.1) is 10.8 Å². The van der Waals surface area contributed by atoms with Crippen LogP contribution in [0.3, 0.4) is 0 Å². The van der Waals surface area contributed by atoms with Gasteiger partial charge in [-0.1, -0.05) is 27.7 Å². The molecule has 0 saturated carbocycles. The molecule has 4 nitrogen and oxygen atoms in total. The standard InChI is InChI=1S/C16H30N2O2/c1-13(19)15(3,4)11-17-7-9-18(10-8-17)12-16(5,6)14(2)20/h7-12H2,1-6H3. The summed E-state index contributed by atoms with van der Waals surface area (Å²) in [4.78, 5) is 27.9. The average molecular weight is 282 g/mol. The van der Waals surface area contributed by atoms with E-state index in [1.165, 1.54) is 0 Å². The molecule has 0 spiro atoms. The van der Waals surface area contributed by atoms with Gasteiger partial charge in [0.1, 0.15) is 11.6 Å². The van der Waals surface area contributed by atoms with Crippen LogP contribution >= 0.6 is 0 Å². The van der Waals surface area contributed by atoms with E-state index in [1.54, 1.807) is 13.8 Å². The van der Waals surface area contributed by atoms with Gasteiger partial charge in [-0.25, -0.2) is 0 Å². The second kappa shape index (κ2) is 6.35. The number of piperazine rings is 1. The molecule has 0 aliphatic carbocycles. The Kier molecular flexibility index (Phi) is 5.50. The molecule has 1 aliphatic heterocycles. The quantitative estimate of drug-likeness (QED) is 0.745. The Morgan fingerprint density at radius 3 is 1.20 bits per heavy atom. The van der Waals surface area contributed by atoms with Crippen LogP contribution in [0.25, 0.3) is 0 Å². The van der Waals surface area contributed by atoms with Gasteiger partial charge in [-0.3, -0.25) is 19.4 Å². The SMILES string of the molecule is CC(=O)C(C)(C)CN1CCN(CC(C)(C)C(C)=O)CC1. The van der Waals surface area contributed by atoms with Crippen LogP contribution in [-0.2, 0) is 9.59 Å². The van der Waals surface area contributed by atoms with E-state index in [1.807, 2.05) is 27.7 Å². The molecule has 0 atom stereocenters. The van der Waals surface area contributed by atoms with Gasteiger partial charge in [0.25, 0.3) is 0 Å². The van der Waals surface area contributed by atoms with Gasteiger partial charge in [0.15, 0.2) is 0 Å². The van der Waals surface area contributed by atoms with Crippen molar-refractivity contribution >= 4 is 11.6 Å². The van der Waals surface area contributed by atoms with E-state index in [0.29, 0.717) is 0 Å². The van der Waals surface area contributed by atoms with E-state index in [0.717, 1.165) is 39.3 Å². The molecule has 0 amide bonds.